The van der Waals surface area contributed by atoms with Crippen LogP contribution in [0.1, 0.15) is 45.6 Å². The minimum atomic E-state index is -0.496. The first-order valence-electron chi connectivity index (χ1n) is 7.88. The molecule has 2 aromatic rings. The summed E-state index contributed by atoms with van der Waals surface area (Å²) >= 11 is 1.40. The van der Waals surface area contributed by atoms with Gasteiger partial charge in [0.2, 0.25) is 0 Å². The molecule has 1 saturated heterocycles. The van der Waals surface area contributed by atoms with Crippen LogP contribution in [0.25, 0.3) is 0 Å². The smallest absolute Gasteiger partial charge is 0.481 e. The lowest BCUT2D eigenvalue weighted by Gasteiger charge is -2.32. The highest BCUT2D eigenvalue weighted by Crippen LogP contribution is 2.37. The van der Waals surface area contributed by atoms with Gasteiger partial charge in [-0.25, -0.2) is 9.36 Å². The van der Waals surface area contributed by atoms with E-state index in [0.29, 0.717) is 11.6 Å². The summed E-state index contributed by atoms with van der Waals surface area (Å²) in [5.74, 6) is 0.856. The molecule has 2 aromatic heterocycles. The van der Waals surface area contributed by atoms with E-state index in [1.54, 1.807) is 12.4 Å². The van der Waals surface area contributed by atoms with Crippen molar-refractivity contribution < 1.29 is 14.0 Å². The molecular formula is C16H22BN3O3S. The number of anilines is 1. The first-order valence-corrected chi connectivity index (χ1v) is 8.65. The molecule has 0 radical (unpaired) electrons. The molecule has 0 amide bonds. The topological polar surface area (TPSA) is 79.5 Å². The average Bonchev–Trinajstić information content (AvgIpc) is 3.08. The summed E-state index contributed by atoms with van der Waals surface area (Å²) in [4.78, 5) is 5.26. The van der Waals surface area contributed by atoms with Crippen LogP contribution in [0.4, 0.5) is 5.82 Å². The van der Waals surface area contributed by atoms with Gasteiger partial charge in [0, 0.05) is 17.9 Å². The van der Waals surface area contributed by atoms with E-state index in [0.717, 1.165) is 10.3 Å². The summed E-state index contributed by atoms with van der Waals surface area (Å²) in [6, 6.07) is 3.76. The van der Waals surface area contributed by atoms with Crippen LogP contribution in [0.3, 0.4) is 0 Å². The van der Waals surface area contributed by atoms with Gasteiger partial charge in [-0.15, -0.1) is 0 Å². The van der Waals surface area contributed by atoms with E-state index < -0.39 is 18.3 Å². The SMILES string of the molecule is C[C@@H](Oc1cc(B2OC(C)(C)C(C)(C)O2)cnc1N)c1ccns1. The largest absolute Gasteiger partial charge is 0.496 e. The lowest BCUT2D eigenvalue weighted by atomic mass is 9.80. The number of rotatable bonds is 4. The normalized spacial score (nSPS) is 20.1. The van der Waals surface area contributed by atoms with Gasteiger partial charge in [0.1, 0.15) is 6.10 Å². The summed E-state index contributed by atoms with van der Waals surface area (Å²) in [7, 11) is -0.496. The van der Waals surface area contributed by atoms with E-state index in [1.807, 2.05) is 46.8 Å². The molecule has 2 N–H and O–H groups in total. The fraction of sp³-hybridized carbons (Fsp3) is 0.500. The molecule has 6 nitrogen and oxygen atoms in total. The number of pyridine rings is 1. The third kappa shape index (κ3) is 3.13. The van der Waals surface area contributed by atoms with E-state index >= 15 is 0 Å². The van der Waals surface area contributed by atoms with Crippen LogP contribution >= 0.6 is 11.5 Å². The Bertz CT molecular complexity index is 705. The van der Waals surface area contributed by atoms with Crippen molar-refractivity contribution in [2.45, 2.75) is 51.9 Å². The van der Waals surface area contributed by atoms with Crippen LogP contribution in [0, 0.1) is 0 Å². The second kappa shape index (κ2) is 6.02. The van der Waals surface area contributed by atoms with E-state index in [1.165, 1.54) is 11.5 Å². The highest BCUT2D eigenvalue weighted by atomic mass is 32.1. The summed E-state index contributed by atoms with van der Waals surface area (Å²) < 4.78 is 22.2. The Labute approximate surface area is 146 Å². The first-order chi connectivity index (χ1) is 11.2. The molecule has 0 unspecified atom stereocenters. The lowest BCUT2D eigenvalue weighted by Crippen LogP contribution is -2.41. The highest BCUT2D eigenvalue weighted by Gasteiger charge is 2.52. The van der Waals surface area contributed by atoms with Crippen molar-refractivity contribution in [1.82, 2.24) is 9.36 Å². The van der Waals surface area contributed by atoms with Gasteiger partial charge in [-0.1, -0.05) is 0 Å². The minimum Gasteiger partial charge on any atom is -0.481 e. The monoisotopic (exact) mass is 347 g/mol. The maximum absolute atomic E-state index is 6.06. The number of aromatic nitrogens is 2. The minimum absolute atomic E-state index is 0.157. The first kappa shape index (κ1) is 17.2. The van der Waals surface area contributed by atoms with Crippen molar-refractivity contribution in [2.24, 2.45) is 0 Å². The lowest BCUT2D eigenvalue weighted by molar-refractivity contribution is 0.00578. The zero-order chi connectivity index (χ0) is 17.5. The van der Waals surface area contributed by atoms with E-state index in [9.17, 15) is 0 Å². The van der Waals surface area contributed by atoms with Crippen molar-refractivity contribution in [2.75, 3.05) is 5.73 Å². The van der Waals surface area contributed by atoms with Gasteiger partial charge in [-0.3, -0.25) is 0 Å². The predicted octanol–water partition coefficient (Wildman–Crippen LogP) is 2.56. The third-order valence-electron chi connectivity index (χ3n) is 4.59. The number of nitrogens with two attached hydrogens (primary N) is 1. The van der Waals surface area contributed by atoms with Gasteiger partial charge in [0.15, 0.2) is 11.6 Å². The Kier molecular flexibility index (Phi) is 4.31. The molecule has 1 fully saturated rings. The second-order valence-corrected chi connectivity index (χ2v) is 7.78. The molecule has 0 aliphatic carbocycles. The summed E-state index contributed by atoms with van der Waals surface area (Å²) in [5.41, 5.74) is 5.94. The molecule has 128 valence electrons. The van der Waals surface area contributed by atoms with Gasteiger partial charge >= 0.3 is 7.12 Å². The van der Waals surface area contributed by atoms with Crippen molar-refractivity contribution in [3.63, 3.8) is 0 Å². The Morgan fingerprint density at radius 3 is 2.50 bits per heavy atom. The maximum atomic E-state index is 6.06. The van der Waals surface area contributed by atoms with Crippen LogP contribution in [-0.2, 0) is 9.31 Å². The number of nitrogen functional groups attached to an aromatic ring is 1. The Morgan fingerprint density at radius 2 is 1.92 bits per heavy atom. The molecule has 3 heterocycles. The quantitative estimate of drug-likeness (QED) is 0.857. The summed E-state index contributed by atoms with van der Waals surface area (Å²) in [5, 5.41) is 0. The van der Waals surface area contributed by atoms with E-state index in [4.69, 9.17) is 19.8 Å². The van der Waals surface area contributed by atoms with Crippen molar-refractivity contribution >= 4 is 29.9 Å². The molecule has 0 aromatic carbocycles. The fourth-order valence-electron chi connectivity index (χ4n) is 2.36. The van der Waals surface area contributed by atoms with Gasteiger partial charge in [0.05, 0.1) is 16.1 Å². The zero-order valence-electron chi connectivity index (χ0n) is 14.6. The van der Waals surface area contributed by atoms with Gasteiger partial charge in [-0.2, -0.15) is 0 Å². The number of hydrogen-bond acceptors (Lipinski definition) is 7. The fourth-order valence-corrected chi connectivity index (χ4v) is 2.92. The standard InChI is InChI=1S/C16H22BN3O3S/c1-10(13-6-7-20-24-13)21-12-8-11(9-19-14(12)18)17-22-15(2,3)16(4,5)23-17/h6-10H,1-5H3,(H2,18,19)/t10-/m1/s1. The van der Waals surface area contributed by atoms with Crippen LogP contribution in [0.15, 0.2) is 24.5 Å². The number of ether oxygens (including phenoxy) is 1. The Balaban J connectivity index is 1.82. The summed E-state index contributed by atoms with van der Waals surface area (Å²) in [6.07, 6.45) is 3.26. The second-order valence-electron chi connectivity index (χ2n) is 6.92. The van der Waals surface area contributed by atoms with Gasteiger partial charge in [-0.05, 0) is 58.3 Å². The maximum Gasteiger partial charge on any atom is 0.496 e. The molecule has 1 atom stereocenters. The van der Waals surface area contributed by atoms with E-state index in [2.05, 4.69) is 9.36 Å². The summed E-state index contributed by atoms with van der Waals surface area (Å²) in [6.45, 7) is 10.0. The van der Waals surface area contributed by atoms with Gasteiger partial charge in [0.25, 0.3) is 0 Å². The molecule has 24 heavy (non-hydrogen) atoms. The van der Waals surface area contributed by atoms with Crippen molar-refractivity contribution in [3.05, 3.63) is 29.4 Å². The van der Waals surface area contributed by atoms with E-state index in [-0.39, 0.29) is 6.10 Å². The molecule has 0 spiro atoms. The molecule has 3 rings (SSSR count). The molecular weight excluding hydrogens is 325 g/mol. The number of nitrogens with zero attached hydrogens (tertiary/aromatic N) is 2. The van der Waals surface area contributed by atoms with Crippen molar-refractivity contribution in [1.29, 1.82) is 0 Å². The van der Waals surface area contributed by atoms with Crippen LogP contribution in [-0.4, -0.2) is 27.7 Å². The average molecular weight is 347 g/mol. The third-order valence-corrected chi connectivity index (χ3v) is 5.50. The molecule has 0 bridgehead atoms. The zero-order valence-corrected chi connectivity index (χ0v) is 15.4. The van der Waals surface area contributed by atoms with Crippen LogP contribution < -0.4 is 15.9 Å². The number of hydrogen-bond donors (Lipinski definition) is 1. The predicted molar refractivity (Wildman–Crippen MR) is 95.5 cm³/mol. The van der Waals surface area contributed by atoms with Crippen LogP contribution in [0.5, 0.6) is 5.75 Å². The Hall–Kier alpha value is -1.64. The molecule has 8 heteroatoms. The van der Waals surface area contributed by atoms with Crippen LogP contribution in [0.2, 0.25) is 0 Å². The van der Waals surface area contributed by atoms with Crippen molar-refractivity contribution in [3.8, 4) is 5.75 Å². The molecule has 1 aliphatic heterocycles. The van der Waals surface area contributed by atoms with Gasteiger partial charge < -0.3 is 19.8 Å². The molecule has 1 aliphatic rings. The molecule has 0 saturated carbocycles. The highest BCUT2D eigenvalue weighted by molar-refractivity contribution is 7.05. The Morgan fingerprint density at radius 1 is 1.25 bits per heavy atom.